The highest BCUT2D eigenvalue weighted by atomic mass is 16.5. The van der Waals surface area contributed by atoms with Gasteiger partial charge in [0, 0.05) is 29.1 Å². The van der Waals surface area contributed by atoms with Crippen LogP contribution in [0.4, 0.5) is 5.82 Å². The first-order valence-corrected chi connectivity index (χ1v) is 8.48. The maximum atomic E-state index is 12.5. The zero-order chi connectivity index (χ0) is 19.7. The van der Waals surface area contributed by atoms with E-state index in [2.05, 4.69) is 19.8 Å². The second kappa shape index (κ2) is 6.93. The number of rotatable bonds is 3. The molecule has 0 spiro atoms. The minimum atomic E-state index is -0.470. The molecule has 136 valence electrons. The van der Waals surface area contributed by atoms with Crippen molar-refractivity contribution < 1.29 is 9.53 Å². The van der Waals surface area contributed by atoms with E-state index in [1.807, 2.05) is 31.2 Å². The van der Waals surface area contributed by atoms with Crippen molar-refractivity contribution in [2.45, 2.75) is 6.92 Å². The van der Waals surface area contributed by atoms with Gasteiger partial charge in [0.15, 0.2) is 0 Å². The molecule has 0 bridgehead atoms. The van der Waals surface area contributed by atoms with E-state index < -0.39 is 5.97 Å². The molecular formula is C21H15N5O2. The van der Waals surface area contributed by atoms with Crippen LogP contribution in [-0.4, -0.2) is 32.4 Å². The van der Waals surface area contributed by atoms with Crippen LogP contribution in [0.25, 0.3) is 33.0 Å². The Morgan fingerprint density at radius 1 is 1.18 bits per heavy atom. The van der Waals surface area contributed by atoms with Crippen molar-refractivity contribution in [3.63, 3.8) is 0 Å². The first kappa shape index (κ1) is 17.4. The number of aryl methyl sites for hydroxylation is 1. The summed E-state index contributed by atoms with van der Waals surface area (Å²) < 4.78 is 6.66. The van der Waals surface area contributed by atoms with E-state index in [-0.39, 0.29) is 0 Å². The van der Waals surface area contributed by atoms with Crippen LogP contribution in [0.2, 0.25) is 0 Å². The van der Waals surface area contributed by atoms with Gasteiger partial charge < -0.3 is 9.58 Å². The fraction of sp³-hybridized carbons (Fsp3) is 0.0952. The molecular weight excluding hydrogens is 354 g/mol. The number of fused-ring (bicyclic) bond motifs is 1. The molecule has 0 radical (unpaired) electrons. The molecule has 7 nitrogen and oxygen atoms in total. The minimum absolute atomic E-state index is 0.375. The van der Waals surface area contributed by atoms with E-state index in [1.54, 1.807) is 28.9 Å². The predicted octanol–water partition coefficient (Wildman–Crippen LogP) is 4.10. The maximum Gasteiger partial charge on any atom is 0.338 e. The molecule has 7 heteroatoms. The Morgan fingerprint density at radius 2 is 2.04 bits per heavy atom. The van der Waals surface area contributed by atoms with Gasteiger partial charge in [-0.1, -0.05) is 12.6 Å². The van der Waals surface area contributed by atoms with Gasteiger partial charge in [0.25, 0.3) is 5.82 Å². The smallest absolute Gasteiger partial charge is 0.338 e. The lowest BCUT2D eigenvalue weighted by molar-refractivity contribution is 0.0601. The van der Waals surface area contributed by atoms with Gasteiger partial charge in [-0.2, -0.15) is 0 Å². The topological polar surface area (TPSA) is 73.7 Å². The number of pyridine rings is 3. The lowest BCUT2D eigenvalue weighted by Crippen LogP contribution is -2.06. The number of methoxy groups -OCH3 is 1. The van der Waals surface area contributed by atoms with Crippen molar-refractivity contribution in [1.29, 1.82) is 0 Å². The minimum Gasteiger partial charge on any atom is -0.465 e. The summed E-state index contributed by atoms with van der Waals surface area (Å²) in [5, 5.41) is 0. The fourth-order valence-electron chi connectivity index (χ4n) is 3.10. The molecule has 0 unspecified atom stereocenters. The van der Waals surface area contributed by atoms with Crippen LogP contribution in [0.1, 0.15) is 16.1 Å². The van der Waals surface area contributed by atoms with Gasteiger partial charge in [0.2, 0.25) is 5.65 Å². The SMILES string of the molecule is [C-]#[N+]c1cnc2ccc(-c3c(C(=O)OC)ccnc3-c3cccc(C)n3)cn12. The summed E-state index contributed by atoms with van der Waals surface area (Å²) in [7, 11) is 1.34. The van der Waals surface area contributed by atoms with Crippen LogP contribution in [0.5, 0.6) is 0 Å². The van der Waals surface area contributed by atoms with E-state index in [9.17, 15) is 4.79 Å². The van der Waals surface area contributed by atoms with Gasteiger partial charge in [-0.15, -0.1) is 0 Å². The van der Waals surface area contributed by atoms with Gasteiger partial charge in [0.1, 0.15) is 0 Å². The van der Waals surface area contributed by atoms with Gasteiger partial charge in [-0.25, -0.2) is 14.2 Å². The van der Waals surface area contributed by atoms with Gasteiger partial charge in [-0.05, 0) is 31.2 Å². The lowest BCUT2D eigenvalue weighted by Gasteiger charge is -2.13. The average Bonchev–Trinajstić information content (AvgIpc) is 3.15. The average molecular weight is 369 g/mol. The third kappa shape index (κ3) is 2.87. The Kier molecular flexibility index (Phi) is 4.30. The number of aromatic nitrogens is 4. The summed E-state index contributed by atoms with van der Waals surface area (Å²) in [6, 6.07) is 10.9. The molecule has 28 heavy (non-hydrogen) atoms. The molecule has 0 saturated heterocycles. The van der Waals surface area contributed by atoms with Crippen LogP contribution in [0.3, 0.4) is 0 Å². The maximum absolute atomic E-state index is 12.5. The summed E-state index contributed by atoms with van der Waals surface area (Å²) in [5.74, 6) is -0.0852. The number of ether oxygens (including phenoxy) is 1. The standard InChI is InChI=1S/C21H15N5O2/c1-13-5-4-6-16(25-13)20-19(15(9-10-23-20)21(27)28-3)14-7-8-17-24-11-18(22-2)26(17)12-14/h4-12H,1,3H3. The van der Waals surface area contributed by atoms with Crippen LogP contribution in [0, 0.1) is 13.5 Å². The van der Waals surface area contributed by atoms with Crippen molar-refractivity contribution in [1.82, 2.24) is 19.4 Å². The zero-order valence-corrected chi connectivity index (χ0v) is 15.2. The van der Waals surface area contributed by atoms with Gasteiger partial charge in [-0.3, -0.25) is 9.97 Å². The van der Waals surface area contributed by atoms with E-state index in [4.69, 9.17) is 11.3 Å². The highest BCUT2D eigenvalue weighted by Crippen LogP contribution is 2.34. The Morgan fingerprint density at radius 3 is 2.79 bits per heavy atom. The third-order valence-corrected chi connectivity index (χ3v) is 4.38. The molecule has 0 atom stereocenters. The second-order valence-electron chi connectivity index (χ2n) is 6.11. The van der Waals surface area contributed by atoms with Crippen LogP contribution >= 0.6 is 0 Å². The molecule has 0 amide bonds. The van der Waals surface area contributed by atoms with E-state index >= 15 is 0 Å². The van der Waals surface area contributed by atoms with E-state index in [0.29, 0.717) is 39.5 Å². The Labute approximate surface area is 161 Å². The number of hydrogen-bond donors (Lipinski definition) is 0. The van der Waals surface area contributed by atoms with Crippen molar-refractivity contribution in [2.75, 3.05) is 7.11 Å². The van der Waals surface area contributed by atoms with Crippen LogP contribution < -0.4 is 0 Å². The molecule has 4 rings (SSSR count). The number of esters is 1. The number of carbonyl (C=O) groups excluding carboxylic acids is 1. The summed E-state index contributed by atoms with van der Waals surface area (Å²) in [6.45, 7) is 9.22. The van der Waals surface area contributed by atoms with E-state index in [1.165, 1.54) is 13.3 Å². The Balaban J connectivity index is 2.04. The number of nitrogens with zero attached hydrogens (tertiary/aromatic N) is 5. The summed E-state index contributed by atoms with van der Waals surface area (Å²) in [6.07, 6.45) is 4.85. The molecule has 4 aromatic heterocycles. The van der Waals surface area contributed by atoms with Crippen molar-refractivity contribution in [2.24, 2.45) is 0 Å². The largest absolute Gasteiger partial charge is 0.465 e. The molecule has 4 heterocycles. The third-order valence-electron chi connectivity index (χ3n) is 4.38. The summed E-state index contributed by atoms with van der Waals surface area (Å²) in [5.41, 5.74) is 4.38. The van der Waals surface area contributed by atoms with E-state index in [0.717, 1.165) is 5.69 Å². The predicted molar refractivity (Wildman–Crippen MR) is 104 cm³/mol. The number of carbonyl (C=O) groups is 1. The second-order valence-corrected chi connectivity index (χ2v) is 6.11. The summed E-state index contributed by atoms with van der Waals surface area (Å²) >= 11 is 0. The molecule has 0 aromatic carbocycles. The first-order chi connectivity index (χ1) is 13.6. The normalized spacial score (nSPS) is 10.6. The molecule has 0 saturated carbocycles. The molecule has 0 fully saturated rings. The van der Waals surface area contributed by atoms with Crippen LogP contribution in [-0.2, 0) is 4.74 Å². The highest BCUT2D eigenvalue weighted by Gasteiger charge is 2.21. The molecule has 0 aliphatic carbocycles. The Bertz CT molecular complexity index is 1250. The van der Waals surface area contributed by atoms with Gasteiger partial charge in [0.05, 0.1) is 36.5 Å². The van der Waals surface area contributed by atoms with Crippen molar-refractivity contribution in [3.8, 4) is 22.5 Å². The lowest BCUT2D eigenvalue weighted by atomic mass is 9.97. The van der Waals surface area contributed by atoms with Crippen molar-refractivity contribution >= 4 is 17.4 Å². The quantitative estimate of drug-likeness (QED) is 0.401. The number of imidazole rings is 1. The van der Waals surface area contributed by atoms with Gasteiger partial charge >= 0.3 is 5.97 Å². The molecule has 0 aliphatic heterocycles. The number of hydrogen-bond acceptors (Lipinski definition) is 5. The molecule has 0 N–H and O–H groups in total. The zero-order valence-electron chi connectivity index (χ0n) is 15.2. The molecule has 4 aromatic rings. The Hall–Kier alpha value is -4.05. The fourth-order valence-corrected chi connectivity index (χ4v) is 3.10. The first-order valence-electron chi connectivity index (χ1n) is 8.48. The monoisotopic (exact) mass is 369 g/mol. The van der Waals surface area contributed by atoms with Crippen molar-refractivity contribution in [3.05, 3.63) is 77.7 Å². The van der Waals surface area contributed by atoms with Crippen LogP contribution in [0.15, 0.2) is 55.0 Å². The summed E-state index contributed by atoms with van der Waals surface area (Å²) in [4.78, 5) is 29.2. The molecule has 0 aliphatic rings. The highest BCUT2D eigenvalue weighted by molar-refractivity contribution is 6.01.